The predicted octanol–water partition coefficient (Wildman–Crippen LogP) is 3.75. The summed E-state index contributed by atoms with van der Waals surface area (Å²) in [6.45, 7) is 0. The molecule has 2 aromatic carbocycles. The van der Waals surface area contributed by atoms with Crippen LogP contribution in [0.5, 0.6) is 0 Å². The van der Waals surface area contributed by atoms with Gasteiger partial charge in [0.1, 0.15) is 5.58 Å². The molecule has 3 aromatic rings. The fourth-order valence-corrected chi connectivity index (χ4v) is 2.13. The molecule has 0 unspecified atom stereocenters. The van der Waals surface area contributed by atoms with Crippen molar-refractivity contribution in [1.82, 2.24) is 0 Å². The van der Waals surface area contributed by atoms with Crippen molar-refractivity contribution in [3.05, 3.63) is 60.4 Å². The molecule has 0 saturated carbocycles. The van der Waals surface area contributed by atoms with Crippen LogP contribution in [-0.2, 0) is 0 Å². The van der Waals surface area contributed by atoms with E-state index >= 15 is 0 Å². The van der Waals surface area contributed by atoms with Crippen molar-refractivity contribution in [3.8, 4) is 0 Å². The third-order valence-corrected chi connectivity index (χ3v) is 3.29. The standard InChI is InChI=1S/C17H16N2O2/c1-19(2)14-9-7-13(8-10-14)18-17(20)16-11-12-5-3-4-6-15(12)21-16/h3-11H,1-2H3,(H,18,20). The van der Waals surface area contributed by atoms with Crippen LogP contribution in [0.2, 0.25) is 0 Å². The van der Waals surface area contributed by atoms with Gasteiger partial charge >= 0.3 is 0 Å². The van der Waals surface area contributed by atoms with Gasteiger partial charge in [0.2, 0.25) is 0 Å². The molecule has 1 heterocycles. The van der Waals surface area contributed by atoms with E-state index in [4.69, 9.17) is 4.42 Å². The van der Waals surface area contributed by atoms with Crippen LogP contribution in [0, 0.1) is 0 Å². The summed E-state index contributed by atoms with van der Waals surface area (Å²) in [6, 6.07) is 17.0. The summed E-state index contributed by atoms with van der Waals surface area (Å²) in [5, 5.41) is 3.76. The van der Waals surface area contributed by atoms with Gasteiger partial charge in [-0.25, -0.2) is 0 Å². The minimum absolute atomic E-state index is 0.246. The number of nitrogens with zero attached hydrogens (tertiary/aromatic N) is 1. The van der Waals surface area contributed by atoms with Crippen LogP contribution in [0.25, 0.3) is 11.0 Å². The van der Waals surface area contributed by atoms with E-state index in [1.165, 1.54) is 0 Å². The van der Waals surface area contributed by atoms with Crippen LogP contribution in [0.4, 0.5) is 11.4 Å². The number of para-hydroxylation sites is 1. The average molecular weight is 280 g/mol. The second-order valence-electron chi connectivity index (χ2n) is 5.04. The van der Waals surface area contributed by atoms with Crippen LogP contribution >= 0.6 is 0 Å². The number of fused-ring (bicyclic) bond motifs is 1. The maximum absolute atomic E-state index is 12.2. The van der Waals surface area contributed by atoms with E-state index in [0.29, 0.717) is 11.3 Å². The van der Waals surface area contributed by atoms with Gasteiger partial charge in [0.05, 0.1) is 0 Å². The Kier molecular flexibility index (Phi) is 3.36. The summed E-state index contributed by atoms with van der Waals surface area (Å²) in [6.07, 6.45) is 0. The predicted molar refractivity (Wildman–Crippen MR) is 84.9 cm³/mol. The Morgan fingerprint density at radius 1 is 1.05 bits per heavy atom. The van der Waals surface area contributed by atoms with Crippen molar-refractivity contribution < 1.29 is 9.21 Å². The molecule has 4 nitrogen and oxygen atoms in total. The van der Waals surface area contributed by atoms with E-state index in [1.54, 1.807) is 6.07 Å². The minimum Gasteiger partial charge on any atom is -0.451 e. The number of amides is 1. The molecule has 0 atom stereocenters. The lowest BCUT2D eigenvalue weighted by molar-refractivity contribution is 0.0998. The third-order valence-electron chi connectivity index (χ3n) is 3.29. The first kappa shape index (κ1) is 13.2. The number of furan rings is 1. The van der Waals surface area contributed by atoms with E-state index in [0.717, 1.165) is 16.8 Å². The van der Waals surface area contributed by atoms with Gasteiger partial charge in [-0.15, -0.1) is 0 Å². The average Bonchev–Trinajstić information content (AvgIpc) is 2.92. The number of anilines is 2. The van der Waals surface area contributed by atoms with Gasteiger partial charge in [-0.2, -0.15) is 0 Å². The molecule has 1 aromatic heterocycles. The summed E-state index contributed by atoms with van der Waals surface area (Å²) in [7, 11) is 3.95. The lowest BCUT2D eigenvalue weighted by Gasteiger charge is -2.12. The Bertz CT molecular complexity index is 740. The molecule has 0 aliphatic rings. The lowest BCUT2D eigenvalue weighted by atomic mass is 10.2. The molecule has 106 valence electrons. The number of carbonyl (C=O) groups is 1. The molecule has 0 aliphatic heterocycles. The van der Waals surface area contributed by atoms with Crippen LogP contribution in [0.1, 0.15) is 10.6 Å². The monoisotopic (exact) mass is 280 g/mol. The van der Waals surface area contributed by atoms with Gasteiger partial charge in [0.15, 0.2) is 5.76 Å². The zero-order valence-corrected chi connectivity index (χ0v) is 12.0. The highest BCUT2D eigenvalue weighted by atomic mass is 16.3. The zero-order chi connectivity index (χ0) is 14.8. The molecule has 4 heteroatoms. The SMILES string of the molecule is CN(C)c1ccc(NC(=O)c2cc3ccccc3o2)cc1. The maximum Gasteiger partial charge on any atom is 0.291 e. The molecule has 0 saturated heterocycles. The Morgan fingerprint density at radius 2 is 1.76 bits per heavy atom. The van der Waals surface area contributed by atoms with E-state index in [9.17, 15) is 4.79 Å². The van der Waals surface area contributed by atoms with Gasteiger partial charge in [-0.05, 0) is 36.4 Å². The van der Waals surface area contributed by atoms with Crippen molar-refractivity contribution in [1.29, 1.82) is 0 Å². The Balaban J connectivity index is 1.79. The fourth-order valence-electron chi connectivity index (χ4n) is 2.13. The van der Waals surface area contributed by atoms with Gasteiger partial charge in [-0.1, -0.05) is 18.2 Å². The molecule has 1 amide bonds. The highest BCUT2D eigenvalue weighted by Crippen LogP contribution is 2.21. The number of nitrogens with one attached hydrogen (secondary N) is 1. The van der Waals surface area contributed by atoms with Crippen LogP contribution in [0.3, 0.4) is 0 Å². The summed E-state index contributed by atoms with van der Waals surface area (Å²) in [4.78, 5) is 14.2. The minimum atomic E-state index is -0.246. The number of carbonyl (C=O) groups excluding carboxylic acids is 1. The highest BCUT2D eigenvalue weighted by Gasteiger charge is 2.12. The number of hydrogen-bond acceptors (Lipinski definition) is 3. The lowest BCUT2D eigenvalue weighted by Crippen LogP contribution is -2.11. The number of benzene rings is 2. The van der Waals surface area contributed by atoms with Gasteiger partial charge in [-0.3, -0.25) is 4.79 Å². The second kappa shape index (κ2) is 5.32. The molecule has 0 fully saturated rings. The Hall–Kier alpha value is -2.75. The quantitative estimate of drug-likeness (QED) is 0.794. The second-order valence-corrected chi connectivity index (χ2v) is 5.04. The molecule has 0 radical (unpaired) electrons. The molecule has 0 bridgehead atoms. The molecule has 3 rings (SSSR count). The number of rotatable bonds is 3. The van der Waals surface area contributed by atoms with E-state index in [1.807, 2.05) is 67.5 Å². The molecular weight excluding hydrogens is 264 g/mol. The van der Waals surface area contributed by atoms with Gasteiger partial charge < -0.3 is 14.6 Å². The van der Waals surface area contributed by atoms with Crippen molar-refractivity contribution in [2.24, 2.45) is 0 Å². The first-order valence-corrected chi connectivity index (χ1v) is 6.71. The van der Waals surface area contributed by atoms with E-state index in [-0.39, 0.29) is 5.91 Å². The van der Waals surface area contributed by atoms with E-state index in [2.05, 4.69) is 5.32 Å². The zero-order valence-electron chi connectivity index (χ0n) is 12.0. The van der Waals surface area contributed by atoms with Crippen molar-refractivity contribution in [2.75, 3.05) is 24.3 Å². The molecule has 0 spiro atoms. The largest absolute Gasteiger partial charge is 0.451 e. The van der Waals surface area contributed by atoms with Gasteiger partial charge in [0.25, 0.3) is 5.91 Å². The summed E-state index contributed by atoms with van der Waals surface area (Å²) in [5.41, 5.74) is 2.54. The van der Waals surface area contributed by atoms with Crippen molar-refractivity contribution in [2.45, 2.75) is 0 Å². The maximum atomic E-state index is 12.2. The number of hydrogen-bond donors (Lipinski definition) is 1. The van der Waals surface area contributed by atoms with Crippen LogP contribution in [0.15, 0.2) is 59.0 Å². The first-order valence-electron chi connectivity index (χ1n) is 6.71. The molecule has 0 aliphatic carbocycles. The molecular formula is C17H16N2O2. The smallest absolute Gasteiger partial charge is 0.291 e. The Labute approximate surface area is 123 Å². The Morgan fingerprint density at radius 3 is 2.43 bits per heavy atom. The van der Waals surface area contributed by atoms with Crippen LogP contribution in [-0.4, -0.2) is 20.0 Å². The summed E-state index contributed by atoms with van der Waals surface area (Å²) >= 11 is 0. The molecule has 21 heavy (non-hydrogen) atoms. The topological polar surface area (TPSA) is 45.5 Å². The first-order chi connectivity index (χ1) is 10.1. The fraction of sp³-hybridized carbons (Fsp3) is 0.118. The van der Waals surface area contributed by atoms with Crippen molar-refractivity contribution in [3.63, 3.8) is 0 Å². The third kappa shape index (κ3) is 2.74. The van der Waals surface area contributed by atoms with Crippen LogP contribution < -0.4 is 10.2 Å². The highest BCUT2D eigenvalue weighted by molar-refractivity contribution is 6.04. The summed E-state index contributed by atoms with van der Waals surface area (Å²) < 4.78 is 5.54. The summed E-state index contributed by atoms with van der Waals surface area (Å²) in [5.74, 6) is 0.0664. The normalized spacial score (nSPS) is 10.6. The molecule has 1 N–H and O–H groups in total. The van der Waals surface area contributed by atoms with E-state index < -0.39 is 0 Å². The van der Waals surface area contributed by atoms with Crippen molar-refractivity contribution >= 4 is 28.3 Å². The van der Waals surface area contributed by atoms with Gasteiger partial charge in [0, 0.05) is 30.9 Å².